The Hall–Kier alpha value is -1.18. The zero-order valence-corrected chi connectivity index (χ0v) is 7.59. The van der Waals surface area contributed by atoms with E-state index in [0.29, 0.717) is 5.75 Å². The van der Waals surface area contributed by atoms with Gasteiger partial charge < -0.3 is 10.4 Å². The Morgan fingerprint density at radius 2 is 2.08 bits per heavy atom. The summed E-state index contributed by atoms with van der Waals surface area (Å²) in [7, 11) is 0. The molecule has 2 heteroatoms. The second-order valence-corrected chi connectivity index (χ2v) is 2.69. The smallest absolute Gasteiger partial charge is 0.120 e. The van der Waals surface area contributed by atoms with Gasteiger partial charge in [-0.25, -0.2) is 0 Å². The summed E-state index contributed by atoms with van der Waals surface area (Å²) in [6.07, 6.45) is 0.856. The van der Waals surface area contributed by atoms with Gasteiger partial charge in [0.15, 0.2) is 0 Å². The van der Waals surface area contributed by atoms with E-state index in [2.05, 4.69) is 5.32 Å². The van der Waals surface area contributed by atoms with Crippen molar-refractivity contribution >= 4 is 5.69 Å². The molecule has 1 aromatic rings. The summed E-state index contributed by atoms with van der Waals surface area (Å²) >= 11 is 0. The summed E-state index contributed by atoms with van der Waals surface area (Å²) in [5.41, 5.74) is 2.04. The fraction of sp³-hybridized carbons (Fsp3) is 0.400. The highest BCUT2D eigenvalue weighted by Crippen LogP contribution is 2.25. The predicted molar refractivity (Wildman–Crippen MR) is 51.6 cm³/mol. The molecule has 0 amide bonds. The first-order valence-corrected chi connectivity index (χ1v) is 4.34. The summed E-state index contributed by atoms with van der Waals surface area (Å²) in [5, 5.41) is 12.7. The number of rotatable bonds is 3. The molecular formula is C10H15NO. The standard InChI is InChI=1S/C10H15NO/c1-3-8-9(11-4-2)6-5-7-10(8)12/h5-7,11-12H,3-4H2,1-2H3. The van der Waals surface area contributed by atoms with Crippen molar-refractivity contribution in [1.82, 2.24) is 0 Å². The van der Waals surface area contributed by atoms with Crippen molar-refractivity contribution in [2.75, 3.05) is 11.9 Å². The Balaban J connectivity index is 3.00. The van der Waals surface area contributed by atoms with Crippen molar-refractivity contribution in [2.45, 2.75) is 20.3 Å². The van der Waals surface area contributed by atoms with Gasteiger partial charge in [-0.15, -0.1) is 0 Å². The zero-order chi connectivity index (χ0) is 8.97. The van der Waals surface area contributed by atoms with E-state index in [-0.39, 0.29) is 0 Å². The Morgan fingerprint density at radius 3 is 2.67 bits per heavy atom. The van der Waals surface area contributed by atoms with Gasteiger partial charge in [0.05, 0.1) is 0 Å². The van der Waals surface area contributed by atoms with E-state index in [1.165, 1.54) is 0 Å². The van der Waals surface area contributed by atoms with Gasteiger partial charge in [0.25, 0.3) is 0 Å². The minimum absolute atomic E-state index is 0.385. The summed E-state index contributed by atoms with van der Waals surface area (Å²) in [4.78, 5) is 0. The predicted octanol–water partition coefficient (Wildman–Crippen LogP) is 2.39. The van der Waals surface area contributed by atoms with Crippen LogP contribution in [0.2, 0.25) is 0 Å². The van der Waals surface area contributed by atoms with Crippen LogP contribution >= 0.6 is 0 Å². The molecule has 0 atom stereocenters. The van der Waals surface area contributed by atoms with E-state index in [1.54, 1.807) is 6.07 Å². The van der Waals surface area contributed by atoms with Crippen molar-refractivity contribution in [3.05, 3.63) is 23.8 Å². The van der Waals surface area contributed by atoms with Crippen LogP contribution in [-0.4, -0.2) is 11.7 Å². The van der Waals surface area contributed by atoms with Crippen LogP contribution in [0.1, 0.15) is 19.4 Å². The molecule has 0 saturated carbocycles. The number of phenolic OH excluding ortho intramolecular Hbond substituents is 1. The maximum absolute atomic E-state index is 9.48. The summed E-state index contributed by atoms with van der Waals surface area (Å²) in [6, 6.07) is 5.56. The minimum Gasteiger partial charge on any atom is -0.508 e. The molecular weight excluding hydrogens is 150 g/mol. The zero-order valence-electron chi connectivity index (χ0n) is 7.59. The van der Waals surface area contributed by atoms with E-state index in [4.69, 9.17) is 0 Å². The summed E-state index contributed by atoms with van der Waals surface area (Å²) < 4.78 is 0. The average molecular weight is 165 g/mol. The van der Waals surface area contributed by atoms with Crippen molar-refractivity contribution in [2.24, 2.45) is 0 Å². The molecule has 0 heterocycles. The first-order chi connectivity index (χ1) is 5.79. The molecule has 0 bridgehead atoms. The highest BCUT2D eigenvalue weighted by Gasteiger charge is 2.03. The topological polar surface area (TPSA) is 32.3 Å². The monoisotopic (exact) mass is 165 g/mol. The minimum atomic E-state index is 0.385. The van der Waals surface area contributed by atoms with Gasteiger partial charge in [-0.1, -0.05) is 13.0 Å². The molecule has 0 aliphatic heterocycles. The molecule has 0 unspecified atom stereocenters. The lowest BCUT2D eigenvalue weighted by atomic mass is 10.1. The molecule has 12 heavy (non-hydrogen) atoms. The van der Waals surface area contributed by atoms with E-state index < -0.39 is 0 Å². The molecule has 0 fully saturated rings. The molecule has 2 nitrogen and oxygen atoms in total. The van der Waals surface area contributed by atoms with Gasteiger partial charge in [-0.05, 0) is 25.5 Å². The molecule has 0 radical (unpaired) electrons. The molecule has 1 aromatic carbocycles. The number of benzene rings is 1. The second-order valence-electron chi connectivity index (χ2n) is 2.69. The number of hydrogen-bond donors (Lipinski definition) is 2. The fourth-order valence-corrected chi connectivity index (χ4v) is 1.30. The molecule has 1 rings (SSSR count). The lowest BCUT2D eigenvalue weighted by Crippen LogP contribution is -1.99. The van der Waals surface area contributed by atoms with Gasteiger partial charge in [-0.3, -0.25) is 0 Å². The van der Waals surface area contributed by atoms with Crippen LogP contribution in [0, 0.1) is 0 Å². The van der Waals surface area contributed by atoms with E-state index in [1.807, 2.05) is 26.0 Å². The van der Waals surface area contributed by atoms with Crippen LogP contribution in [0.5, 0.6) is 5.75 Å². The van der Waals surface area contributed by atoms with E-state index >= 15 is 0 Å². The highest BCUT2D eigenvalue weighted by molar-refractivity contribution is 5.56. The van der Waals surface area contributed by atoms with Crippen LogP contribution in [0.25, 0.3) is 0 Å². The Morgan fingerprint density at radius 1 is 1.33 bits per heavy atom. The fourth-order valence-electron chi connectivity index (χ4n) is 1.30. The number of aromatic hydroxyl groups is 1. The van der Waals surface area contributed by atoms with Gasteiger partial charge in [0.2, 0.25) is 0 Å². The molecule has 0 saturated heterocycles. The Kier molecular flexibility index (Phi) is 2.97. The maximum atomic E-state index is 9.48. The quantitative estimate of drug-likeness (QED) is 0.720. The second kappa shape index (κ2) is 4.00. The average Bonchev–Trinajstić information content (AvgIpc) is 2.05. The van der Waals surface area contributed by atoms with Crippen LogP contribution in [0.4, 0.5) is 5.69 Å². The molecule has 0 spiro atoms. The van der Waals surface area contributed by atoms with E-state index in [0.717, 1.165) is 24.2 Å². The van der Waals surface area contributed by atoms with Crippen LogP contribution < -0.4 is 5.32 Å². The Bertz CT molecular complexity index is 258. The molecule has 66 valence electrons. The first kappa shape index (κ1) is 8.91. The van der Waals surface area contributed by atoms with Crippen LogP contribution in [0.15, 0.2) is 18.2 Å². The third-order valence-corrected chi connectivity index (χ3v) is 1.87. The normalized spacial score (nSPS) is 9.83. The largest absolute Gasteiger partial charge is 0.508 e. The molecule has 0 aliphatic rings. The number of anilines is 1. The lowest BCUT2D eigenvalue weighted by molar-refractivity contribution is 0.469. The molecule has 0 aliphatic carbocycles. The van der Waals surface area contributed by atoms with Gasteiger partial charge >= 0.3 is 0 Å². The third-order valence-electron chi connectivity index (χ3n) is 1.87. The van der Waals surface area contributed by atoms with E-state index in [9.17, 15) is 5.11 Å². The number of nitrogens with one attached hydrogen (secondary N) is 1. The van der Waals surface area contributed by atoms with Crippen LogP contribution in [-0.2, 0) is 6.42 Å². The van der Waals surface area contributed by atoms with Crippen molar-refractivity contribution in [3.63, 3.8) is 0 Å². The van der Waals surface area contributed by atoms with Crippen molar-refractivity contribution in [3.8, 4) is 5.75 Å². The van der Waals surface area contributed by atoms with Crippen molar-refractivity contribution < 1.29 is 5.11 Å². The lowest BCUT2D eigenvalue weighted by Gasteiger charge is -2.09. The first-order valence-electron chi connectivity index (χ1n) is 4.34. The SMILES string of the molecule is CCNc1cccc(O)c1CC. The molecule has 2 N–H and O–H groups in total. The van der Waals surface area contributed by atoms with Gasteiger partial charge in [-0.2, -0.15) is 0 Å². The number of hydrogen-bond acceptors (Lipinski definition) is 2. The maximum Gasteiger partial charge on any atom is 0.120 e. The van der Waals surface area contributed by atoms with Gasteiger partial charge in [0.1, 0.15) is 5.75 Å². The third kappa shape index (κ3) is 1.70. The van der Waals surface area contributed by atoms with Gasteiger partial charge in [0, 0.05) is 17.8 Å². The van der Waals surface area contributed by atoms with Crippen molar-refractivity contribution in [1.29, 1.82) is 0 Å². The summed E-state index contributed by atoms with van der Waals surface area (Å²) in [6.45, 7) is 4.97. The summed E-state index contributed by atoms with van der Waals surface area (Å²) in [5.74, 6) is 0.385. The Labute approximate surface area is 73.2 Å². The highest BCUT2D eigenvalue weighted by atomic mass is 16.3. The molecule has 0 aromatic heterocycles. The number of phenols is 1. The van der Waals surface area contributed by atoms with Crippen LogP contribution in [0.3, 0.4) is 0 Å².